The number of benzene rings is 1. The first-order chi connectivity index (χ1) is 16.6. The van der Waals surface area contributed by atoms with Crippen molar-refractivity contribution in [3.05, 3.63) is 24.5 Å². The highest BCUT2D eigenvalue weighted by Gasteiger charge is 2.43. The van der Waals surface area contributed by atoms with E-state index in [0.29, 0.717) is 59.0 Å². The van der Waals surface area contributed by atoms with Gasteiger partial charge in [-0.15, -0.1) is 0 Å². The van der Waals surface area contributed by atoms with Crippen molar-refractivity contribution in [1.29, 1.82) is 0 Å². The fourth-order valence-corrected chi connectivity index (χ4v) is 4.89. The first kappa shape index (κ1) is 23.4. The lowest BCUT2D eigenvalue weighted by Gasteiger charge is -2.26. The van der Waals surface area contributed by atoms with Gasteiger partial charge in [0.1, 0.15) is 22.6 Å². The van der Waals surface area contributed by atoms with Crippen molar-refractivity contribution >= 4 is 35.8 Å². The molecule has 5 rings (SSSR count). The second-order valence-corrected chi connectivity index (χ2v) is 10.1. The number of rotatable bonds is 4. The fraction of sp³-hybridized carbons (Fsp3) is 0.478. The van der Waals surface area contributed by atoms with Crippen molar-refractivity contribution in [2.45, 2.75) is 26.4 Å². The number of carbonyl (C=O) groups excluding carboxylic acids is 1. The van der Waals surface area contributed by atoms with Crippen LogP contribution in [0.25, 0.3) is 22.4 Å². The van der Waals surface area contributed by atoms with Crippen molar-refractivity contribution in [1.82, 2.24) is 24.8 Å². The van der Waals surface area contributed by atoms with Gasteiger partial charge in [0.15, 0.2) is 5.65 Å². The second-order valence-electron chi connectivity index (χ2n) is 10.1. The molecule has 2 saturated heterocycles. The second kappa shape index (κ2) is 8.69. The number of anilines is 1. The summed E-state index contributed by atoms with van der Waals surface area (Å²) in [6, 6.07) is 5.14. The molecule has 184 valence electrons. The summed E-state index contributed by atoms with van der Waals surface area (Å²) in [7, 11) is -0.209. The maximum atomic E-state index is 12.5. The molecule has 1 amide bonds. The van der Waals surface area contributed by atoms with Gasteiger partial charge in [-0.3, -0.25) is 0 Å². The van der Waals surface area contributed by atoms with Crippen molar-refractivity contribution in [3.8, 4) is 17.0 Å². The number of carbonyl (C=O) groups is 1. The van der Waals surface area contributed by atoms with Gasteiger partial charge in [0, 0.05) is 49.0 Å². The largest absolute Gasteiger partial charge is 0.497 e. The number of aromatic amines is 1. The normalized spacial score (nSPS) is 19.8. The van der Waals surface area contributed by atoms with Crippen LogP contribution in [0, 0.1) is 11.8 Å². The van der Waals surface area contributed by atoms with Crippen molar-refractivity contribution in [2.24, 2.45) is 11.8 Å². The van der Waals surface area contributed by atoms with Gasteiger partial charge in [-0.05, 0) is 39.0 Å². The van der Waals surface area contributed by atoms with Gasteiger partial charge in [0.05, 0.1) is 13.4 Å². The highest BCUT2D eigenvalue weighted by Crippen LogP contribution is 2.35. The Morgan fingerprint density at radius 2 is 1.86 bits per heavy atom. The molecule has 0 spiro atoms. The predicted octanol–water partition coefficient (Wildman–Crippen LogP) is 1.01. The molecule has 0 aliphatic carbocycles. The summed E-state index contributed by atoms with van der Waals surface area (Å²) < 4.78 is 10.8. The minimum atomic E-state index is -1.69. The average Bonchev–Trinajstić information content (AvgIpc) is 3.51. The summed E-state index contributed by atoms with van der Waals surface area (Å²) in [5.41, 5.74) is 2.21. The van der Waals surface area contributed by atoms with Gasteiger partial charge in [-0.25, -0.2) is 14.8 Å². The van der Waals surface area contributed by atoms with Gasteiger partial charge in [-0.1, -0.05) is 0 Å². The molecule has 2 unspecified atom stereocenters. The van der Waals surface area contributed by atoms with E-state index in [2.05, 4.69) is 19.9 Å². The van der Waals surface area contributed by atoms with E-state index in [1.165, 1.54) is 7.11 Å². The number of nitrogens with one attached hydrogen (secondary N) is 1. The van der Waals surface area contributed by atoms with Gasteiger partial charge in [0.25, 0.3) is 0 Å². The molecule has 3 aromatic rings. The maximum absolute atomic E-state index is 12.5. The summed E-state index contributed by atoms with van der Waals surface area (Å²) in [5, 5.41) is 19.6. The lowest BCUT2D eigenvalue weighted by molar-refractivity contribution is 0.0282. The number of ether oxygens (including phenoxy) is 2. The first-order valence-corrected chi connectivity index (χ1v) is 11.6. The van der Waals surface area contributed by atoms with E-state index >= 15 is 0 Å². The number of imidazole rings is 1. The minimum absolute atomic E-state index is 0.246. The quantitative estimate of drug-likeness (QED) is 0.468. The molecule has 11 nitrogen and oxygen atoms in total. The standard InChI is InChI=1S/C23H29BN6O5/c1-23(2,3)35-22(31)30-10-14-8-29(9-15(14)11-30)21-27-18(19-20(28-21)26-12-25-19)13-5-6-17(34-4)16(7-13)24(32)33/h5-7,12,14-15,32-33H,8-11H2,1-4H3,(H,25,26,27,28). The molecule has 1 aromatic carbocycles. The van der Waals surface area contributed by atoms with Crippen molar-refractivity contribution in [2.75, 3.05) is 38.2 Å². The third-order valence-electron chi connectivity index (χ3n) is 6.48. The van der Waals surface area contributed by atoms with Gasteiger partial charge in [-0.2, -0.15) is 4.98 Å². The number of nitrogens with zero attached hydrogens (tertiary/aromatic N) is 5. The average molecular weight is 480 g/mol. The fourth-order valence-electron chi connectivity index (χ4n) is 4.89. The Hall–Kier alpha value is -3.38. The van der Waals surface area contributed by atoms with E-state index in [4.69, 9.17) is 14.5 Å². The number of hydrogen-bond acceptors (Lipinski definition) is 9. The number of H-pyrrole nitrogens is 1. The SMILES string of the molecule is COc1ccc(-c2nc(N3CC4CN(C(=O)OC(C)(C)C)CC4C3)nc3nc[nH]c23)cc1B(O)O. The smallest absolute Gasteiger partial charge is 0.492 e. The number of methoxy groups -OCH3 is 1. The molecule has 2 aliphatic heterocycles. The molecule has 0 bridgehead atoms. The monoisotopic (exact) mass is 480 g/mol. The molecule has 0 saturated carbocycles. The summed E-state index contributed by atoms with van der Waals surface area (Å²) >= 11 is 0. The molecular formula is C23H29BN6O5. The van der Waals surface area contributed by atoms with E-state index in [0.717, 1.165) is 13.1 Å². The third-order valence-corrected chi connectivity index (χ3v) is 6.48. The highest BCUT2D eigenvalue weighted by atomic mass is 16.6. The summed E-state index contributed by atoms with van der Waals surface area (Å²) in [5.74, 6) is 1.55. The van der Waals surface area contributed by atoms with Crippen LogP contribution in [0.3, 0.4) is 0 Å². The molecule has 0 radical (unpaired) electrons. The van der Waals surface area contributed by atoms with Gasteiger partial charge >= 0.3 is 13.2 Å². The van der Waals surface area contributed by atoms with Crippen LogP contribution in [-0.2, 0) is 4.74 Å². The molecule has 4 heterocycles. The Morgan fingerprint density at radius 3 is 2.49 bits per heavy atom. The zero-order valence-electron chi connectivity index (χ0n) is 20.2. The van der Waals surface area contributed by atoms with E-state index in [1.807, 2.05) is 26.8 Å². The predicted molar refractivity (Wildman–Crippen MR) is 130 cm³/mol. The van der Waals surface area contributed by atoms with Crippen LogP contribution >= 0.6 is 0 Å². The first-order valence-electron chi connectivity index (χ1n) is 11.6. The van der Waals surface area contributed by atoms with E-state index in [1.54, 1.807) is 23.4 Å². The van der Waals surface area contributed by atoms with Crippen LogP contribution in [0.15, 0.2) is 24.5 Å². The lowest BCUT2D eigenvalue weighted by Crippen LogP contribution is -2.37. The zero-order chi connectivity index (χ0) is 24.9. The molecule has 2 aromatic heterocycles. The number of fused-ring (bicyclic) bond motifs is 2. The van der Waals surface area contributed by atoms with Crippen LogP contribution in [0.4, 0.5) is 10.7 Å². The van der Waals surface area contributed by atoms with E-state index < -0.39 is 12.7 Å². The summed E-state index contributed by atoms with van der Waals surface area (Å²) in [4.78, 5) is 33.4. The number of aromatic nitrogens is 4. The topological polar surface area (TPSA) is 137 Å². The van der Waals surface area contributed by atoms with Crippen LogP contribution in [-0.4, -0.2) is 87.0 Å². The Labute approximate surface area is 203 Å². The van der Waals surface area contributed by atoms with Gasteiger partial charge in [0.2, 0.25) is 5.95 Å². The summed E-state index contributed by atoms with van der Waals surface area (Å²) in [6.45, 7) is 8.35. The molecule has 12 heteroatoms. The summed E-state index contributed by atoms with van der Waals surface area (Å²) in [6.07, 6.45) is 1.30. The number of amides is 1. The molecule has 35 heavy (non-hydrogen) atoms. The zero-order valence-corrected chi connectivity index (χ0v) is 20.2. The van der Waals surface area contributed by atoms with Crippen LogP contribution in [0.1, 0.15) is 20.8 Å². The third kappa shape index (κ3) is 4.51. The van der Waals surface area contributed by atoms with Crippen molar-refractivity contribution in [3.63, 3.8) is 0 Å². The van der Waals surface area contributed by atoms with Crippen molar-refractivity contribution < 1.29 is 24.3 Å². The van der Waals surface area contributed by atoms with Crippen LogP contribution < -0.4 is 15.1 Å². The molecular weight excluding hydrogens is 451 g/mol. The molecule has 3 N–H and O–H groups in total. The molecule has 2 fully saturated rings. The Balaban J connectivity index is 1.40. The Kier molecular flexibility index (Phi) is 5.80. The number of likely N-dealkylation sites (tertiary alicyclic amines) is 1. The maximum Gasteiger partial charge on any atom is 0.492 e. The van der Waals surface area contributed by atoms with Gasteiger partial charge < -0.3 is 34.3 Å². The van der Waals surface area contributed by atoms with E-state index in [-0.39, 0.29) is 11.6 Å². The molecule has 2 atom stereocenters. The number of hydrogen-bond donors (Lipinski definition) is 3. The minimum Gasteiger partial charge on any atom is -0.497 e. The lowest BCUT2D eigenvalue weighted by atomic mass is 9.78. The van der Waals surface area contributed by atoms with E-state index in [9.17, 15) is 14.8 Å². The molecule has 2 aliphatic rings. The van der Waals surface area contributed by atoms with Crippen LogP contribution in [0.2, 0.25) is 0 Å². The van der Waals surface area contributed by atoms with Crippen LogP contribution in [0.5, 0.6) is 5.75 Å². The Bertz CT molecular complexity index is 1240. The highest BCUT2D eigenvalue weighted by molar-refractivity contribution is 6.59. The Morgan fingerprint density at radius 1 is 1.14 bits per heavy atom.